The lowest BCUT2D eigenvalue weighted by Gasteiger charge is -2.50. The number of rotatable bonds is 5. The molecule has 1 rings (SSSR count). The van der Waals surface area contributed by atoms with Gasteiger partial charge in [-0.2, -0.15) is 0 Å². The SMILES string of the molecule is CCCC[N+](C)(C)C1CC(C(C)C)CCC1(C)O. The molecule has 0 aromatic rings. The van der Waals surface area contributed by atoms with Crippen molar-refractivity contribution in [3.63, 3.8) is 0 Å². The fraction of sp³-hybridized carbons (Fsp3) is 1.00. The molecule has 0 aliphatic heterocycles. The van der Waals surface area contributed by atoms with Crippen molar-refractivity contribution in [3.8, 4) is 0 Å². The van der Waals surface area contributed by atoms with Crippen LogP contribution >= 0.6 is 0 Å². The quantitative estimate of drug-likeness (QED) is 0.747. The Bertz CT molecular complexity index is 258. The number of likely N-dealkylation sites (N-methyl/N-ethyl adjacent to an activating group) is 1. The van der Waals surface area contributed by atoms with Crippen molar-refractivity contribution in [2.24, 2.45) is 11.8 Å². The van der Waals surface area contributed by atoms with Gasteiger partial charge in [0.05, 0.1) is 20.6 Å². The van der Waals surface area contributed by atoms with Crippen molar-refractivity contribution in [1.82, 2.24) is 0 Å². The fourth-order valence-corrected chi connectivity index (χ4v) is 3.67. The molecule has 1 saturated carbocycles. The van der Waals surface area contributed by atoms with E-state index in [9.17, 15) is 5.11 Å². The molecule has 0 spiro atoms. The maximum absolute atomic E-state index is 10.8. The fourth-order valence-electron chi connectivity index (χ4n) is 3.67. The molecule has 2 nitrogen and oxygen atoms in total. The van der Waals surface area contributed by atoms with E-state index in [-0.39, 0.29) is 0 Å². The molecular weight excluding hydrogens is 222 g/mol. The second kappa shape index (κ2) is 5.92. The van der Waals surface area contributed by atoms with E-state index in [1.165, 1.54) is 32.2 Å². The van der Waals surface area contributed by atoms with Crippen LogP contribution in [0.25, 0.3) is 0 Å². The van der Waals surface area contributed by atoms with Gasteiger partial charge in [-0.25, -0.2) is 0 Å². The molecule has 108 valence electrons. The summed E-state index contributed by atoms with van der Waals surface area (Å²) >= 11 is 0. The number of hydrogen-bond donors (Lipinski definition) is 1. The lowest BCUT2D eigenvalue weighted by Crippen LogP contribution is -2.62. The number of quaternary nitrogens is 1. The van der Waals surface area contributed by atoms with E-state index < -0.39 is 5.60 Å². The first-order valence-corrected chi connectivity index (χ1v) is 7.75. The third-order valence-corrected chi connectivity index (χ3v) is 5.14. The molecule has 1 N–H and O–H groups in total. The molecule has 3 atom stereocenters. The van der Waals surface area contributed by atoms with Gasteiger partial charge in [-0.05, 0) is 38.0 Å². The average Bonchev–Trinajstić information content (AvgIpc) is 2.25. The van der Waals surface area contributed by atoms with Gasteiger partial charge in [-0.1, -0.05) is 27.2 Å². The monoisotopic (exact) mass is 256 g/mol. The van der Waals surface area contributed by atoms with Crippen molar-refractivity contribution in [2.75, 3.05) is 20.6 Å². The third-order valence-electron chi connectivity index (χ3n) is 5.14. The van der Waals surface area contributed by atoms with E-state index in [0.29, 0.717) is 6.04 Å². The van der Waals surface area contributed by atoms with E-state index in [0.717, 1.165) is 22.7 Å². The zero-order valence-electron chi connectivity index (χ0n) is 13.4. The number of nitrogens with zero attached hydrogens (tertiary/aromatic N) is 1. The molecule has 1 aliphatic carbocycles. The molecule has 18 heavy (non-hydrogen) atoms. The third kappa shape index (κ3) is 3.71. The van der Waals surface area contributed by atoms with Gasteiger partial charge in [0.1, 0.15) is 11.6 Å². The Hall–Kier alpha value is -0.0800. The van der Waals surface area contributed by atoms with Crippen LogP contribution in [0.3, 0.4) is 0 Å². The summed E-state index contributed by atoms with van der Waals surface area (Å²) in [6.07, 6.45) is 5.83. The summed E-state index contributed by atoms with van der Waals surface area (Å²) < 4.78 is 0.976. The van der Waals surface area contributed by atoms with Gasteiger partial charge in [0.15, 0.2) is 0 Å². The van der Waals surface area contributed by atoms with Crippen LogP contribution in [0.4, 0.5) is 0 Å². The standard InChI is InChI=1S/C16H34NO/c1-7-8-11-17(5,6)15-12-14(13(2)3)9-10-16(15,4)18/h13-15,18H,7-12H2,1-6H3/q+1. The van der Waals surface area contributed by atoms with Crippen molar-refractivity contribution in [1.29, 1.82) is 0 Å². The zero-order valence-corrected chi connectivity index (χ0v) is 13.4. The predicted molar refractivity (Wildman–Crippen MR) is 78.5 cm³/mol. The molecule has 2 heteroatoms. The Morgan fingerprint density at radius 2 is 1.94 bits per heavy atom. The van der Waals surface area contributed by atoms with Gasteiger partial charge >= 0.3 is 0 Å². The molecular formula is C16H34NO+. The Labute approximate surface area is 114 Å². The lowest BCUT2D eigenvalue weighted by atomic mass is 9.71. The summed E-state index contributed by atoms with van der Waals surface area (Å²) in [5.41, 5.74) is -0.484. The van der Waals surface area contributed by atoms with Crippen molar-refractivity contribution < 1.29 is 9.59 Å². The van der Waals surface area contributed by atoms with Crippen LogP contribution in [0.1, 0.15) is 59.8 Å². The number of unbranched alkanes of at least 4 members (excludes halogenated alkanes) is 1. The van der Waals surface area contributed by atoms with Gasteiger partial charge in [0.2, 0.25) is 0 Å². The van der Waals surface area contributed by atoms with Crippen LogP contribution in [-0.4, -0.2) is 41.9 Å². The molecule has 0 heterocycles. The van der Waals surface area contributed by atoms with Gasteiger partial charge in [-0.15, -0.1) is 0 Å². The first kappa shape index (κ1) is 16.0. The minimum absolute atomic E-state index is 0.394. The summed E-state index contributed by atoms with van der Waals surface area (Å²) in [5.74, 6) is 1.53. The topological polar surface area (TPSA) is 20.2 Å². The molecule has 0 amide bonds. The van der Waals surface area contributed by atoms with Gasteiger partial charge in [0.25, 0.3) is 0 Å². The van der Waals surface area contributed by atoms with Crippen molar-refractivity contribution in [3.05, 3.63) is 0 Å². The molecule has 0 radical (unpaired) electrons. The maximum Gasteiger partial charge on any atom is 0.118 e. The molecule has 0 bridgehead atoms. The van der Waals surface area contributed by atoms with Crippen LogP contribution in [-0.2, 0) is 0 Å². The lowest BCUT2D eigenvalue weighted by molar-refractivity contribution is -0.924. The summed E-state index contributed by atoms with van der Waals surface area (Å²) in [7, 11) is 4.61. The number of aliphatic hydroxyl groups is 1. The number of hydrogen-bond acceptors (Lipinski definition) is 1. The molecule has 0 aromatic heterocycles. The normalized spacial score (nSPS) is 34.0. The molecule has 0 saturated heterocycles. The minimum Gasteiger partial charge on any atom is -0.384 e. The minimum atomic E-state index is -0.484. The Kier molecular flexibility index (Phi) is 5.25. The Morgan fingerprint density at radius 3 is 2.44 bits per heavy atom. The molecule has 1 aliphatic rings. The summed E-state index contributed by atoms with van der Waals surface area (Å²) in [5, 5.41) is 10.8. The van der Waals surface area contributed by atoms with Crippen LogP contribution in [0.2, 0.25) is 0 Å². The second-order valence-electron chi connectivity index (χ2n) is 7.51. The van der Waals surface area contributed by atoms with Crippen molar-refractivity contribution >= 4 is 0 Å². The van der Waals surface area contributed by atoms with E-state index in [1.54, 1.807) is 0 Å². The maximum atomic E-state index is 10.8. The van der Waals surface area contributed by atoms with E-state index in [1.807, 2.05) is 0 Å². The Morgan fingerprint density at radius 1 is 1.33 bits per heavy atom. The molecule has 1 fully saturated rings. The highest BCUT2D eigenvalue weighted by atomic mass is 16.3. The molecule has 0 aromatic carbocycles. The highest BCUT2D eigenvalue weighted by Crippen LogP contribution is 2.40. The predicted octanol–water partition coefficient (Wildman–Crippen LogP) is 3.44. The van der Waals surface area contributed by atoms with Crippen LogP contribution in [0.15, 0.2) is 0 Å². The van der Waals surface area contributed by atoms with E-state index >= 15 is 0 Å². The zero-order chi connectivity index (χ0) is 14.0. The van der Waals surface area contributed by atoms with Gasteiger partial charge < -0.3 is 9.59 Å². The van der Waals surface area contributed by atoms with Crippen LogP contribution < -0.4 is 0 Å². The average molecular weight is 256 g/mol. The van der Waals surface area contributed by atoms with Crippen molar-refractivity contribution in [2.45, 2.75) is 71.4 Å². The smallest absolute Gasteiger partial charge is 0.118 e. The summed E-state index contributed by atoms with van der Waals surface area (Å²) in [6, 6.07) is 0.394. The van der Waals surface area contributed by atoms with Gasteiger partial charge in [0, 0.05) is 6.42 Å². The van der Waals surface area contributed by atoms with Gasteiger partial charge in [-0.3, -0.25) is 0 Å². The van der Waals surface area contributed by atoms with E-state index in [4.69, 9.17) is 0 Å². The molecule has 3 unspecified atom stereocenters. The van der Waals surface area contributed by atoms with E-state index in [2.05, 4.69) is 41.8 Å². The second-order valence-corrected chi connectivity index (χ2v) is 7.51. The first-order valence-electron chi connectivity index (χ1n) is 7.75. The highest BCUT2D eigenvalue weighted by Gasteiger charge is 2.47. The van der Waals surface area contributed by atoms with Crippen LogP contribution in [0, 0.1) is 11.8 Å². The first-order chi connectivity index (χ1) is 8.20. The summed E-state index contributed by atoms with van der Waals surface area (Å²) in [6.45, 7) is 10.1. The largest absolute Gasteiger partial charge is 0.384 e. The summed E-state index contributed by atoms with van der Waals surface area (Å²) in [4.78, 5) is 0. The van der Waals surface area contributed by atoms with Crippen LogP contribution in [0.5, 0.6) is 0 Å². The Balaban J connectivity index is 2.80. The highest BCUT2D eigenvalue weighted by molar-refractivity contribution is 4.91.